The minimum Gasteiger partial charge on any atom is 0 e. The molecular weight excluding hydrogens is 2340 g/mol. The van der Waals surface area contributed by atoms with E-state index >= 15 is 0 Å². The molecule has 0 aromatic rings. The molecule has 0 bridgehead atoms. The van der Waals surface area contributed by atoms with Crippen LogP contribution in [0.25, 0.3) is 0 Å². The van der Waals surface area contributed by atoms with E-state index in [0.29, 0.717) is 0 Å². The van der Waals surface area contributed by atoms with Crippen molar-refractivity contribution in [3.05, 3.63) is 0 Å². The molecule has 539 valence electrons. The molecule has 0 saturated carbocycles. The average Bonchev–Trinajstić information content (AvgIpc) is 3.79. The Kier molecular flexibility index (Phi) is 272. The van der Waals surface area contributed by atoms with Crippen LogP contribution in [0.2, 0.25) is 33.8 Å². The van der Waals surface area contributed by atoms with E-state index in [1.807, 2.05) is 145 Å². The standard InChI is InChI=1S/C12H24B2O4.C7H15BO2.2C5H12.3C4H9.6C2H6.CH5BO2.CH3BO2.5CH4.BO3.ClH.5Rb.7Sn.V.4H/c1-9(2)10(3,4)16-13(15-9)14-17-11(5,6)12(7,8)18-14;1-6(2)7(3,4)10-8(5)9-6;2*1-3-5-4-2;3*1-3-4-2;6*1-2;2*1-2(3)4;;;;;;2-1(3)4;;;;;;;;;;;;;;;;;;/h1-8H3;1-5H3;2*3-5H2,1-2H3;3*1,3-4H2,2H3;6*1-2H3;3-4H,1H3;1H3;5*1H4;;1H;;;;;;;;;;;;;;;;;/q;;;;;;;;;;;;;;-2;;;;;;-3;;5*+1;;;;;;;+1;;;;;/p-1. The molecule has 0 aliphatic carbocycles. The molecule has 3 fully saturated rings. The Morgan fingerprint density at radius 1 is 0.366 bits per heavy atom. The van der Waals surface area contributed by atoms with Gasteiger partial charge in [-0.1, -0.05) is 186 Å². The summed E-state index contributed by atoms with van der Waals surface area (Å²) in [5, 5.41) is 58.4. The molecule has 2 N–H and O–H groups in total. The minimum atomic E-state index is -2.92. The fourth-order valence-corrected chi connectivity index (χ4v) is 19.0. The van der Waals surface area contributed by atoms with Gasteiger partial charge < -0.3 is 63.1 Å². The molecular formula is C60H158B6ClO13Rb5Sn7V. The topological polar surface area (TPSA) is 211 Å². The van der Waals surface area contributed by atoms with E-state index in [1.165, 1.54) is 97.2 Å². The van der Waals surface area contributed by atoms with Crippen LogP contribution in [0, 0.1) is 0 Å². The van der Waals surface area contributed by atoms with Crippen molar-refractivity contribution >= 4 is 212 Å². The van der Waals surface area contributed by atoms with Gasteiger partial charge in [-0.2, -0.15) is 0 Å². The van der Waals surface area contributed by atoms with Gasteiger partial charge in [0.15, 0.2) is 0 Å². The van der Waals surface area contributed by atoms with E-state index in [9.17, 15) is 0 Å². The first-order valence-corrected chi connectivity index (χ1v) is 40.0. The van der Waals surface area contributed by atoms with E-state index in [0.717, 1.165) is 6.82 Å². The molecule has 21 radical (unpaired) electrons. The predicted molar refractivity (Wildman–Crippen MR) is 411 cm³/mol. The summed E-state index contributed by atoms with van der Waals surface area (Å²) in [6, 6.07) is 0. The summed E-state index contributed by atoms with van der Waals surface area (Å²) in [5.41, 5.74) is -1.76. The summed E-state index contributed by atoms with van der Waals surface area (Å²) in [6.45, 7) is 68.4. The third-order valence-electron chi connectivity index (χ3n) is 11.5. The van der Waals surface area contributed by atoms with Gasteiger partial charge in [-0.25, -0.2) is 0 Å². The first kappa shape index (κ1) is 193. The Balaban J connectivity index is -0.0000000199. The molecule has 0 amide bonds. The van der Waals surface area contributed by atoms with Crippen molar-refractivity contribution in [3.8, 4) is 0 Å². The zero-order valence-corrected chi connectivity index (χ0v) is 115. The van der Waals surface area contributed by atoms with Crippen molar-refractivity contribution in [2.45, 2.75) is 396 Å². The summed E-state index contributed by atoms with van der Waals surface area (Å²) in [5.74, 6) is 0. The smallest absolute Gasteiger partial charge is 0 e. The molecule has 0 spiro atoms. The van der Waals surface area contributed by atoms with Gasteiger partial charge in [0.1, 0.15) is 0 Å². The van der Waals surface area contributed by atoms with Gasteiger partial charge in [0.05, 0.1) is 33.6 Å². The summed E-state index contributed by atoms with van der Waals surface area (Å²) in [4.78, 5) is 0. The number of hydrogen-bond acceptors (Lipinski definition) is 13. The Morgan fingerprint density at radius 3 is 0.548 bits per heavy atom. The van der Waals surface area contributed by atoms with E-state index in [2.05, 4.69) is 76.2 Å². The fraction of sp³-hybridized carbons (Fsp3) is 1.00. The summed E-state index contributed by atoms with van der Waals surface area (Å²) >= 11 is -2.09. The van der Waals surface area contributed by atoms with Crippen LogP contribution in [0.1, 0.15) is 329 Å². The first-order valence-electron chi connectivity index (χ1n) is 30.3. The van der Waals surface area contributed by atoms with Crippen molar-refractivity contribution in [3.63, 3.8) is 0 Å². The average molecular weight is 2500 g/mol. The van der Waals surface area contributed by atoms with E-state index in [-0.39, 0.29) is 531 Å². The maximum absolute atomic E-state index is 8.97. The Bertz CT molecular complexity index is 1020. The molecule has 0 aromatic heterocycles. The predicted octanol–water partition coefficient (Wildman–Crippen LogP) is -2.11. The third kappa shape index (κ3) is 131. The summed E-state index contributed by atoms with van der Waals surface area (Å²) in [6.07, 6.45) is 16.3. The number of halogens is 1. The maximum Gasteiger partial charge on any atom is 0 e. The van der Waals surface area contributed by atoms with Crippen LogP contribution in [0.5, 0.6) is 0 Å². The molecule has 93 heavy (non-hydrogen) atoms. The summed E-state index contributed by atoms with van der Waals surface area (Å²) in [7, 11) is 0.119. The van der Waals surface area contributed by atoms with Gasteiger partial charge in [-0.05, 0) is 96.7 Å². The van der Waals surface area contributed by atoms with Gasteiger partial charge in [-0.15, -0.1) is 13.9 Å². The second-order valence-corrected chi connectivity index (χ2v) is 36.0. The quantitative estimate of drug-likeness (QED) is 0.179. The van der Waals surface area contributed by atoms with Gasteiger partial charge >= 0.3 is 514 Å². The van der Waals surface area contributed by atoms with E-state index in [1.54, 1.807) is 0 Å². The van der Waals surface area contributed by atoms with Crippen molar-refractivity contribution in [2.24, 2.45) is 0 Å². The Labute approximate surface area is 958 Å². The number of rotatable bonds is 14. The van der Waals surface area contributed by atoms with Crippen LogP contribution >= 0.6 is 8.92 Å². The fourth-order valence-electron chi connectivity index (χ4n) is 5.70. The van der Waals surface area contributed by atoms with E-state index < -0.39 is 52.8 Å². The normalized spacial score (nSPS) is 13.3. The molecule has 3 heterocycles. The van der Waals surface area contributed by atoms with Gasteiger partial charge in [-0.3, -0.25) is 7.32 Å². The van der Waals surface area contributed by atoms with Crippen LogP contribution < -0.4 is 316 Å². The molecule has 3 aliphatic rings. The van der Waals surface area contributed by atoms with Crippen LogP contribution in [0.4, 0.5) is 0 Å². The van der Waals surface area contributed by atoms with Gasteiger partial charge in [0.25, 0.3) is 0 Å². The van der Waals surface area contributed by atoms with Crippen LogP contribution in [-0.2, 0) is 46.5 Å². The van der Waals surface area contributed by atoms with Crippen LogP contribution in [0.15, 0.2) is 0 Å². The molecule has 3 rings (SSSR count). The summed E-state index contributed by atoms with van der Waals surface area (Å²) < 4.78 is 39.2. The van der Waals surface area contributed by atoms with Crippen LogP contribution in [0.3, 0.4) is 0 Å². The van der Waals surface area contributed by atoms with Crippen molar-refractivity contribution in [1.82, 2.24) is 0 Å². The molecule has 0 atom stereocenters. The molecule has 0 aromatic carbocycles. The SMILES string of the molecule is C.C.C.C.C.CB(O)O.CB([O-])[O-].CB1OC(C)(C)C(C)(C)O1.CC.CC.CC.CC.CC.CC.CC1(C)OB(B2OC(C)(C)C(C)(C)O2)OC1(C)C.CCCCC.CCCCC.CCC[CH2][Sn]([Cl])([CH2]CCC)[CH2]CCC.[O-]B([O-])[O-].[Rb+].[Rb+].[Rb+].[Rb+].[Rb+].[SnH].[SnH].[SnH].[SnH].[Sn].[Sn].[V]. The van der Waals surface area contributed by atoms with Gasteiger partial charge in [0, 0.05) is 66.4 Å². The van der Waals surface area contributed by atoms with Crippen molar-refractivity contribution < 1.29 is 373 Å². The third-order valence-corrected chi connectivity index (χ3v) is 26.0. The second kappa shape index (κ2) is 131. The monoisotopic (exact) mass is 2500 g/mol. The minimum absolute atomic E-state index is 0. The zero-order valence-electron chi connectivity index (χ0n) is 66.1. The van der Waals surface area contributed by atoms with Crippen LogP contribution in [-0.4, -0.2) is 247 Å². The van der Waals surface area contributed by atoms with Crippen molar-refractivity contribution in [2.75, 3.05) is 0 Å². The Morgan fingerprint density at radius 2 is 0.473 bits per heavy atom. The maximum atomic E-state index is 8.97. The molecule has 33 heteroatoms. The van der Waals surface area contributed by atoms with Crippen molar-refractivity contribution in [1.29, 1.82) is 0 Å². The first-order chi connectivity index (χ1) is 34.9. The molecule has 3 saturated heterocycles. The second-order valence-electron chi connectivity index (χ2n) is 19.7. The number of hydrogen-bond donors (Lipinski definition) is 2. The largest absolute Gasteiger partial charge is 0 e. The molecule has 3 aliphatic heterocycles. The molecule has 0 unspecified atom stereocenters. The number of unbranched alkanes of at least 4 members (excludes halogenated alkanes) is 7. The van der Waals surface area contributed by atoms with E-state index in [4.69, 9.17) is 72.0 Å². The Hall–Kier alpha value is 15.4. The molecule has 13 nitrogen and oxygen atoms in total. The zero-order chi connectivity index (χ0) is 63.8. The van der Waals surface area contributed by atoms with Gasteiger partial charge in [0.2, 0.25) is 0 Å².